The van der Waals surface area contributed by atoms with E-state index in [0.717, 1.165) is 5.52 Å². The standard InChI is InChI=1S/C16H8BrFN2O/c17-13-6-10(2-3-14(13)18)16(21)12-8-20-15-4-1-9(7-19)5-11(12)15/h1-6,8,20H. The molecule has 0 bridgehead atoms. The fourth-order valence-electron chi connectivity index (χ4n) is 2.17. The number of hydrogen-bond donors (Lipinski definition) is 1. The summed E-state index contributed by atoms with van der Waals surface area (Å²) in [4.78, 5) is 15.5. The lowest BCUT2D eigenvalue weighted by Gasteiger charge is -2.02. The number of nitriles is 1. The summed E-state index contributed by atoms with van der Waals surface area (Å²) in [5.74, 6) is -0.644. The Kier molecular flexibility index (Phi) is 3.32. The molecule has 0 unspecified atom stereocenters. The van der Waals surface area contributed by atoms with E-state index < -0.39 is 5.82 Å². The fraction of sp³-hybridized carbons (Fsp3) is 0. The maximum Gasteiger partial charge on any atom is 0.195 e. The summed E-state index contributed by atoms with van der Waals surface area (Å²) in [6.45, 7) is 0. The Morgan fingerprint density at radius 1 is 1.24 bits per heavy atom. The molecule has 1 aromatic heterocycles. The summed E-state index contributed by atoms with van der Waals surface area (Å²) < 4.78 is 13.5. The van der Waals surface area contributed by atoms with Gasteiger partial charge < -0.3 is 4.98 Å². The number of rotatable bonds is 2. The molecular weight excluding hydrogens is 335 g/mol. The average molecular weight is 343 g/mol. The topological polar surface area (TPSA) is 56.6 Å². The van der Waals surface area contributed by atoms with Crippen molar-refractivity contribution in [1.82, 2.24) is 4.98 Å². The van der Waals surface area contributed by atoms with Crippen molar-refractivity contribution in [2.24, 2.45) is 0 Å². The van der Waals surface area contributed by atoms with Crippen LogP contribution < -0.4 is 0 Å². The van der Waals surface area contributed by atoms with Crippen LogP contribution in [0.4, 0.5) is 4.39 Å². The fourth-order valence-corrected chi connectivity index (χ4v) is 2.55. The van der Waals surface area contributed by atoms with Crippen LogP contribution in [-0.4, -0.2) is 10.8 Å². The first kappa shape index (κ1) is 13.5. The van der Waals surface area contributed by atoms with Crippen LogP contribution in [-0.2, 0) is 0 Å². The van der Waals surface area contributed by atoms with Crippen molar-refractivity contribution >= 4 is 32.6 Å². The lowest BCUT2D eigenvalue weighted by Crippen LogP contribution is -2.01. The van der Waals surface area contributed by atoms with Crippen molar-refractivity contribution in [3.8, 4) is 6.07 Å². The lowest BCUT2D eigenvalue weighted by atomic mass is 10.0. The SMILES string of the molecule is N#Cc1ccc2[nH]cc(C(=O)c3ccc(F)c(Br)c3)c2c1. The largest absolute Gasteiger partial charge is 0.360 e. The third-order valence-electron chi connectivity index (χ3n) is 3.24. The highest BCUT2D eigenvalue weighted by Crippen LogP contribution is 2.24. The third kappa shape index (κ3) is 2.34. The van der Waals surface area contributed by atoms with Crippen molar-refractivity contribution in [1.29, 1.82) is 5.26 Å². The Labute approximate surface area is 128 Å². The molecule has 0 atom stereocenters. The highest BCUT2D eigenvalue weighted by molar-refractivity contribution is 9.10. The van der Waals surface area contributed by atoms with Gasteiger partial charge in [0, 0.05) is 28.2 Å². The molecule has 1 heterocycles. The van der Waals surface area contributed by atoms with E-state index >= 15 is 0 Å². The molecule has 0 aliphatic rings. The van der Waals surface area contributed by atoms with Crippen LogP contribution in [0.3, 0.4) is 0 Å². The second-order valence-electron chi connectivity index (χ2n) is 4.53. The molecule has 1 N–H and O–H groups in total. The third-order valence-corrected chi connectivity index (χ3v) is 3.84. The van der Waals surface area contributed by atoms with Crippen LogP contribution in [0, 0.1) is 17.1 Å². The van der Waals surface area contributed by atoms with Gasteiger partial charge in [-0.25, -0.2) is 4.39 Å². The van der Waals surface area contributed by atoms with Crippen molar-refractivity contribution in [3.63, 3.8) is 0 Å². The minimum Gasteiger partial charge on any atom is -0.360 e. The van der Waals surface area contributed by atoms with Crippen LogP contribution in [0.15, 0.2) is 47.1 Å². The maximum absolute atomic E-state index is 13.3. The Balaban J connectivity index is 2.13. The Morgan fingerprint density at radius 3 is 2.76 bits per heavy atom. The molecule has 0 saturated heterocycles. The monoisotopic (exact) mass is 342 g/mol. The van der Waals surface area contributed by atoms with Gasteiger partial charge in [-0.2, -0.15) is 5.26 Å². The van der Waals surface area contributed by atoms with Crippen LogP contribution in [0.25, 0.3) is 10.9 Å². The predicted octanol–water partition coefficient (Wildman–Crippen LogP) is 4.17. The van der Waals surface area contributed by atoms with Crippen molar-refractivity contribution < 1.29 is 9.18 Å². The van der Waals surface area contributed by atoms with Gasteiger partial charge in [0.25, 0.3) is 0 Å². The van der Waals surface area contributed by atoms with Gasteiger partial charge in [0.1, 0.15) is 5.82 Å². The molecule has 0 radical (unpaired) electrons. The highest BCUT2D eigenvalue weighted by atomic mass is 79.9. The van der Waals surface area contributed by atoms with Crippen LogP contribution in [0.1, 0.15) is 21.5 Å². The summed E-state index contributed by atoms with van der Waals surface area (Å²) >= 11 is 3.07. The maximum atomic E-state index is 13.3. The molecule has 3 nitrogen and oxygen atoms in total. The molecule has 0 fully saturated rings. The van der Waals surface area contributed by atoms with E-state index in [2.05, 4.69) is 20.9 Å². The molecule has 3 rings (SSSR count). The second kappa shape index (κ2) is 5.15. The van der Waals surface area contributed by atoms with Gasteiger partial charge in [-0.15, -0.1) is 0 Å². The number of fused-ring (bicyclic) bond motifs is 1. The number of aromatic amines is 1. The van der Waals surface area contributed by atoms with E-state index in [-0.39, 0.29) is 10.3 Å². The minimum atomic E-state index is -0.419. The number of H-pyrrole nitrogens is 1. The van der Waals surface area contributed by atoms with E-state index in [1.807, 2.05) is 6.07 Å². The molecule has 0 aliphatic heterocycles. The molecule has 0 spiro atoms. The zero-order valence-corrected chi connectivity index (χ0v) is 12.2. The minimum absolute atomic E-state index is 0.225. The van der Waals surface area contributed by atoms with E-state index in [1.165, 1.54) is 18.2 Å². The van der Waals surface area contributed by atoms with Crippen LogP contribution in [0.2, 0.25) is 0 Å². The van der Waals surface area contributed by atoms with Gasteiger partial charge in [-0.1, -0.05) is 0 Å². The molecule has 0 saturated carbocycles. The number of halogens is 2. The smallest absolute Gasteiger partial charge is 0.195 e. The second-order valence-corrected chi connectivity index (χ2v) is 5.39. The van der Waals surface area contributed by atoms with Gasteiger partial charge in [-0.3, -0.25) is 4.79 Å². The van der Waals surface area contributed by atoms with E-state index in [0.29, 0.717) is 22.1 Å². The summed E-state index contributed by atoms with van der Waals surface area (Å²) in [5, 5.41) is 9.64. The van der Waals surface area contributed by atoms with Crippen LogP contribution in [0.5, 0.6) is 0 Å². The van der Waals surface area contributed by atoms with Gasteiger partial charge in [0.05, 0.1) is 16.1 Å². The molecule has 0 amide bonds. The average Bonchev–Trinajstić information content (AvgIpc) is 2.92. The number of aromatic nitrogens is 1. The number of carbonyl (C=O) groups is 1. The summed E-state index contributed by atoms with van der Waals surface area (Å²) in [7, 11) is 0. The van der Waals surface area contributed by atoms with Crippen molar-refractivity contribution in [2.75, 3.05) is 0 Å². The number of carbonyl (C=O) groups excluding carboxylic acids is 1. The van der Waals surface area contributed by atoms with Crippen molar-refractivity contribution in [3.05, 3.63) is 69.6 Å². The van der Waals surface area contributed by atoms with Gasteiger partial charge >= 0.3 is 0 Å². The van der Waals surface area contributed by atoms with E-state index in [9.17, 15) is 9.18 Å². The Morgan fingerprint density at radius 2 is 2.05 bits per heavy atom. The van der Waals surface area contributed by atoms with Crippen molar-refractivity contribution in [2.45, 2.75) is 0 Å². The number of benzene rings is 2. The zero-order chi connectivity index (χ0) is 15.0. The molecule has 5 heteroatoms. The molecule has 102 valence electrons. The first-order chi connectivity index (χ1) is 10.1. The Bertz CT molecular complexity index is 908. The summed E-state index contributed by atoms with van der Waals surface area (Å²) in [6.07, 6.45) is 1.60. The van der Waals surface area contributed by atoms with Gasteiger partial charge in [0.2, 0.25) is 0 Å². The molecule has 3 aromatic rings. The predicted molar refractivity (Wildman–Crippen MR) is 80.5 cm³/mol. The Hall–Kier alpha value is -2.45. The molecule has 2 aromatic carbocycles. The molecule has 0 aliphatic carbocycles. The zero-order valence-electron chi connectivity index (χ0n) is 10.7. The quantitative estimate of drug-likeness (QED) is 0.710. The molecular formula is C16H8BrFN2O. The number of ketones is 1. The molecule has 21 heavy (non-hydrogen) atoms. The normalized spacial score (nSPS) is 10.5. The lowest BCUT2D eigenvalue weighted by molar-refractivity contribution is 0.104. The summed E-state index contributed by atoms with van der Waals surface area (Å²) in [6, 6.07) is 11.3. The number of hydrogen-bond acceptors (Lipinski definition) is 2. The van der Waals surface area contributed by atoms with Gasteiger partial charge in [0.15, 0.2) is 5.78 Å². The van der Waals surface area contributed by atoms with Crippen LogP contribution >= 0.6 is 15.9 Å². The number of nitrogens with zero attached hydrogens (tertiary/aromatic N) is 1. The highest BCUT2D eigenvalue weighted by Gasteiger charge is 2.15. The summed E-state index contributed by atoms with van der Waals surface area (Å²) in [5.41, 5.74) is 2.10. The van der Waals surface area contributed by atoms with Gasteiger partial charge in [-0.05, 0) is 52.3 Å². The number of nitrogens with one attached hydrogen (secondary N) is 1. The van der Waals surface area contributed by atoms with E-state index in [1.54, 1.807) is 24.4 Å². The first-order valence-electron chi connectivity index (χ1n) is 6.11. The van der Waals surface area contributed by atoms with E-state index in [4.69, 9.17) is 5.26 Å². The first-order valence-corrected chi connectivity index (χ1v) is 6.90.